The van der Waals surface area contributed by atoms with Crippen LogP contribution < -0.4 is 0 Å². The van der Waals surface area contributed by atoms with Crippen LogP contribution in [0.5, 0.6) is 5.75 Å². The molecule has 0 unspecified atom stereocenters. The van der Waals surface area contributed by atoms with Crippen molar-refractivity contribution in [2.24, 2.45) is 0 Å². The van der Waals surface area contributed by atoms with E-state index in [9.17, 15) is 4.79 Å². The van der Waals surface area contributed by atoms with Gasteiger partial charge >= 0.3 is 0 Å². The third-order valence-corrected chi connectivity index (χ3v) is 2.21. The average molecular weight is 162 g/mol. The van der Waals surface area contributed by atoms with E-state index in [2.05, 4.69) is 0 Å². The zero-order valence-corrected chi connectivity index (χ0v) is 6.66. The molecule has 1 fully saturated rings. The highest BCUT2D eigenvalue weighted by molar-refractivity contribution is 5.78. The van der Waals surface area contributed by atoms with Gasteiger partial charge in [-0.25, -0.2) is 0 Å². The molecule has 0 radical (unpaired) electrons. The third kappa shape index (κ3) is 1.20. The molecule has 12 heavy (non-hydrogen) atoms. The first-order valence-corrected chi connectivity index (χ1v) is 4.09. The van der Waals surface area contributed by atoms with Gasteiger partial charge in [-0.05, 0) is 36.5 Å². The summed E-state index contributed by atoms with van der Waals surface area (Å²) < 4.78 is 0. The van der Waals surface area contributed by atoms with E-state index in [1.807, 2.05) is 6.07 Å². The number of benzene rings is 1. The van der Waals surface area contributed by atoms with Gasteiger partial charge in [0.2, 0.25) is 0 Å². The Morgan fingerprint density at radius 1 is 1.42 bits per heavy atom. The van der Waals surface area contributed by atoms with Gasteiger partial charge in [-0.1, -0.05) is 6.07 Å². The van der Waals surface area contributed by atoms with Crippen LogP contribution in [0, 0.1) is 0 Å². The molecule has 0 atom stereocenters. The molecule has 1 N–H and O–H groups in total. The van der Waals surface area contributed by atoms with Gasteiger partial charge in [0.05, 0.1) is 0 Å². The van der Waals surface area contributed by atoms with Gasteiger partial charge in [-0.3, -0.25) is 4.79 Å². The van der Waals surface area contributed by atoms with Crippen LogP contribution in [0.3, 0.4) is 0 Å². The number of aromatic hydroxyl groups is 1. The topological polar surface area (TPSA) is 37.3 Å². The van der Waals surface area contributed by atoms with E-state index in [4.69, 9.17) is 5.11 Å². The van der Waals surface area contributed by atoms with Gasteiger partial charge in [0.1, 0.15) is 12.0 Å². The lowest BCUT2D eigenvalue weighted by atomic mass is 10.0. The second-order valence-electron chi connectivity index (χ2n) is 3.21. The molecule has 0 bridgehead atoms. The molecular formula is C10H10O2. The summed E-state index contributed by atoms with van der Waals surface area (Å²) >= 11 is 0. The van der Waals surface area contributed by atoms with Gasteiger partial charge in [-0.15, -0.1) is 0 Å². The predicted molar refractivity (Wildman–Crippen MR) is 45.5 cm³/mol. The van der Waals surface area contributed by atoms with Crippen LogP contribution in [0.4, 0.5) is 0 Å². The lowest BCUT2D eigenvalue weighted by molar-refractivity contribution is 0.112. The van der Waals surface area contributed by atoms with E-state index in [-0.39, 0.29) is 5.75 Å². The number of carbonyl (C=O) groups is 1. The molecule has 0 saturated heterocycles. The van der Waals surface area contributed by atoms with E-state index in [1.54, 1.807) is 6.07 Å². The molecule has 2 heteroatoms. The molecule has 1 aromatic rings. The molecular weight excluding hydrogens is 152 g/mol. The molecule has 1 aromatic carbocycles. The van der Waals surface area contributed by atoms with Crippen LogP contribution >= 0.6 is 0 Å². The Bertz CT molecular complexity index is 314. The van der Waals surface area contributed by atoms with Crippen LogP contribution in [-0.4, -0.2) is 11.4 Å². The number of rotatable bonds is 2. The van der Waals surface area contributed by atoms with Crippen LogP contribution in [-0.2, 0) is 0 Å². The van der Waals surface area contributed by atoms with Crippen LogP contribution in [0.25, 0.3) is 0 Å². The zero-order valence-electron chi connectivity index (χ0n) is 6.66. The van der Waals surface area contributed by atoms with E-state index >= 15 is 0 Å². The second kappa shape index (κ2) is 2.63. The van der Waals surface area contributed by atoms with Crippen molar-refractivity contribution in [1.82, 2.24) is 0 Å². The van der Waals surface area contributed by atoms with E-state index in [1.165, 1.54) is 18.9 Å². The molecule has 1 aliphatic carbocycles. The van der Waals surface area contributed by atoms with E-state index in [0.29, 0.717) is 11.5 Å². The first-order valence-electron chi connectivity index (χ1n) is 4.09. The number of carbonyl (C=O) groups excluding carboxylic acids is 1. The van der Waals surface area contributed by atoms with E-state index < -0.39 is 0 Å². The largest absolute Gasteiger partial charge is 0.508 e. The minimum Gasteiger partial charge on any atom is -0.508 e. The van der Waals surface area contributed by atoms with Gasteiger partial charge in [0.15, 0.2) is 0 Å². The Balaban J connectivity index is 2.44. The molecule has 62 valence electrons. The highest BCUT2D eigenvalue weighted by Gasteiger charge is 2.25. The fourth-order valence-electron chi connectivity index (χ4n) is 1.43. The Kier molecular flexibility index (Phi) is 1.61. The van der Waals surface area contributed by atoms with Crippen LogP contribution in [0.2, 0.25) is 0 Å². The van der Waals surface area contributed by atoms with Gasteiger partial charge in [0.25, 0.3) is 0 Å². The van der Waals surface area contributed by atoms with Crippen molar-refractivity contribution in [2.75, 3.05) is 0 Å². The fourth-order valence-corrected chi connectivity index (χ4v) is 1.43. The van der Waals surface area contributed by atoms with Crippen molar-refractivity contribution in [3.63, 3.8) is 0 Å². The Hall–Kier alpha value is -1.31. The minimum absolute atomic E-state index is 0.168. The lowest BCUT2D eigenvalue weighted by Crippen LogP contribution is -1.88. The smallest absolute Gasteiger partial charge is 0.150 e. The van der Waals surface area contributed by atoms with Gasteiger partial charge < -0.3 is 5.11 Å². The third-order valence-electron chi connectivity index (χ3n) is 2.21. The van der Waals surface area contributed by atoms with Crippen molar-refractivity contribution < 1.29 is 9.90 Å². The number of hydrogen-bond donors (Lipinski definition) is 1. The Labute approximate surface area is 70.8 Å². The summed E-state index contributed by atoms with van der Waals surface area (Å²) in [5, 5.41) is 9.11. The van der Waals surface area contributed by atoms with Crippen molar-refractivity contribution in [2.45, 2.75) is 18.8 Å². The average Bonchev–Trinajstić information content (AvgIpc) is 2.87. The van der Waals surface area contributed by atoms with Crippen molar-refractivity contribution in [3.8, 4) is 5.75 Å². The predicted octanol–water partition coefficient (Wildman–Crippen LogP) is 2.08. The number of phenolic OH excluding ortho intramolecular Hbond substituents is 1. The number of aldehydes is 1. The lowest BCUT2D eigenvalue weighted by Gasteiger charge is -2.01. The van der Waals surface area contributed by atoms with Crippen LogP contribution in [0.15, 0.2) is 18.2 Å². The van der Waals surface area contributed by atoms with Crippen molar-refractivity contribution in [1.29, 1.82) is 0 Å². The summed E-state index contributed by atoms with van der Waals surface area (Å²) in [4.78, 5) is 10.6. The molecule has 1 aliphatic rings. The second-order valence-corrected chi connectivity index (χ2v) is 3.21. The molecule has 2 nitrogen and oxygen atoms in total. The monoisotopic (exact) mass is 162 g/mol. The molecule has 0 heterocycles. The molecule has 0 spiro atoms. The highest BCUT2D eigenvalue weighted by Crippen LogP contribution is 2.41. The van der Waals surface area contributed by atoms with Crippen LogP contribution in [0.1, 0.15) is 34.7 Å². The molecule has 0 aromatic heterocycles. The summed E-state index contributed by atoms with van der Waals surface area (Å²) in [6.07, 6.45) is 3.16. The maximum Gasteiger partial charge on any atom is 0.150 e. The minimum atomic E-state index is 0.168. The van der Waals surface area contributed by atoms with Gasteiger partial charge in [0, 0.05) is 5.56 Å². The summed E-state index contributed by atoms with van der Waals surface area (Å²) in [5.41, 5.74) is 1.72. The maximum absolute atomic E-state index is 10.6. The SMILES string of the molecule is O=Cc1cc(O)ccc1C1CC1. The maximum atomic E-state index is 10.6. The van der Waals surface area contributed by atoms with Crippen molar-refractivity contribution >= 4 is 6.29 Å². The molecule has 0 amide bonds. The number of hydrogen-bond acceptors (Lipinski definition) is 2. The molecule has 2 rings (SSSR count). The first kappa shape index (κ1) is 7.35. The normalized spacial score (nSPS) is 16.0. The Morgan fingerprint density at radius 3 is 2.75 bits per heavy atom. The number of phenols is 1. The summed E-state index contributed by atoms with van der Waals surface area (Å²) in [6.45, 7) is 0. The fraction of sp³-hybridized carbons (Fsp3) is 0.300. The van der Waals surface area contributed by atoms with Crippen molar-refractivity contribution in [3.05, 3.63) is 29.3 Å². The molecule has 0 aliphatic heterocycles. The van der Waals surface area contributed by atoms with E-state index in [0.717, 1.165) is 11.8 Å². The highest BCUT2D eigenvalue weighted by atomic mass is 16.3. The summed E-state index contributed by atoms with van der Waals surface area (Å²) in [6, 6.07) is 5.01. The van der Waals surface area contributed by atoms with Gasteiger partial charge in [-0.2, -0.15) is 0 Å². The standard InChI is InChI=1S/C10H10O2/c11-6-8-5-9(12)3-4-10(8)7-1-2-7/h3-7,12H,1-2H2. The quantitative estimate of drug-likeness (QED) is 0.676. The summed E-state index contributed by atoms with van der Waals surface area (Å²) in [5.74, 6) is 0.729. The Morgan fingerprint density at radius 2 is 2.17 bits per heavy atom. The molecule has 1 saturated carbocycles. The summed E-state index contributed by atoms with van der Waals surface area (Å²) in [7, 11) is 0. The first-order chi connectivity index (χ1) is 5.81. The zero-order chi connectivity index (χ0) is 8.55.